The monoisotopic (exact) mass is 464 g/mol. The van der Waals surface area contributed by atoms with Crippen LogP contribution >= 0.6 is 11.3 Å². The van der Waals surface area contributed by atoms with Gasteiger partial charge in [-0.25, -0.2) is 21.8 Å². The molecule has 1 N–H and O–H groups in total. The molecule has 0 aliphatic carbocycles. The maximum atomic E-state index is 13.3. The fourth-order valence-electron chi connectivity index (χ4n) is 2.65. The van der Waals surface area contributed by atoms with Gasteiger partial charge in [-0.05, 0) is 58.9 Å². The van der Waals surface area contributed by atoms with Crippen LogP contribution in [0, 0.1) is 13.8 Å². The average Bonchev–Trinajstić information content (AvgIpc) is 3.06. The highest BCUT2D eigenvalue weighted by Crippen LogP contribution is 2.38. The molecule has 1 aromatic heterocycles. The van der Waals surface area contributed by atoms with Crippen LogP contribution in [0.3, 0.4) is 0 Å². The van der Waals surface area contributed by atoms with Gasteiger partial charge in [-0.3, -0.25) is 0 Å². The molecule has 0 saturated carbocycles. The van der Waals surface area contributed by atoms with Crippen molar-refractivity contribution in [1.82, 2.24) is 4.98 Å². The van der Waals surface area contributed by atoms with Crippen LogP contribution in [0.5, 0.6) is 0 Å². The van der Waals surface area contributed by atoms with Crippen molar-refractivity contribution in [3.8, 4) is 0 Å². The van der Waals surface area contributed by atoms with Crippen LogP contribution < -0.4 is 5.32 Å². The molecule has 9 heteroatoms. The highest BCUT2D eigenvalue weighted by Gasteiger charge is 2.32. The first-order valence-corrected chi connectivity index (χ1v) is 13.0. The van der Waals surface area contributed by atoms with E-state index in [1.807, 2.05) is 34.6 Å². The Balaban J connectivity index is 2.19. The second-order valence-electron chi connectivity index (χ2n) is 8.12. The van der Waals surface area contributed by atoms with Crippen LogP contribution in [0.15, 0.2) is 67.7 Å². The first kappa shape index (κ1) is 22.5. The van der Waals surface area contributed by atoms with E-state index < -0.39 is 25.2 Å². The lowest BCUT2D eigenvalue weighted by atomic mass is 10.1. The van der Waals surface area contributed by atoms with Gasteiger partial charge in [-0.1, -0.05) is 46.7 Å². The largest absolute Gasteiger partial charge is 0.370 e. The van der Waals surface area contributed by atoms with Crippen molar-refractivity contribution in [3.05, 3.63) is 59.7 Å². The van der Waals surface area contributed by atoms with Crippen molar-refractivity contribution in [2.75, 3.05) is 5.32 Å². The fourth-order valence-corrected chi connectivity index (χ4v) is 7.13. The summed E-state index contributed by atoms with van der Waals surface area (Å²) in [5.74, 6) is 0. The highest BCUT2D eigenvalue weighted by atomic mass is 32.2. The summed E-state index contributed by atoms with van der Waals surface area (Å²) in [5, 5.41) is 3.02. The number of rotatable bonds is 5. The zero-order chi connectivity index (χ0) is 22.3. The Morgan fingerprint density at radius 3 is 1.63 bits per heavy atom. The minimum Gasteiger partial charge on any atom is -0.370 e. The fraction of sp³-hybridized carbons (Fsp3) is 0.286. The Morgan fingerprint density at radius 1 is 0.767 bits per heavy atom. The van der Waals surface area contributed by atoms with Gasteiger partial charge in [0.15, 0.2) is 5.03 Å². The molecule has 0 amide bonds. The molecule has 0 unspecified atom stereocenters. The first-order chi connectivity index (χ1) is 13.8. The molecule has 3 aromatic rings. The zero-order valence-corrected chi connectivity index (χ0v) is 19.9. The minimum absolute atomic E-state index is 0.0645. The second-order valence-corrected chi connectivity index (χ2v) is 13.1. The number of sulfone groups is 2. The van der Waals surface area contributed by atoms with E-state index in [1.54, 1.807) is 24.3 Å². The van der Waals surface area contributed by atoms with E-state index in [4.69, 9.17) is 0 Å². The lowest BCUT2D eigenvalue weighted by Gasteiger charge is -2.21. The van der Waals surface area contributed by atoms with Crippen LogP contribution in [-0.4, -0.2) is 27.4 Å². The third-order valence-electron chi connectivity index (χ3n) is 4.21. The molecule has 0 saturated heterocycles. The summed E-state index contributed by atoms with van der Waals surface area (Å²) in [6, 6.07) is 12.8. The molecule has 2 aromatic carbocycles. The average molecular weight is 465 g/mol. The maximum Gasteiger partial charge on any atom is 0.233 e. The standard InChI is InChI=1S/C21H24N2O4S3/c1-14-6-10-16(11-7-14)29(24,25)19-18(23-21(3,4)5)28-20(22-19)30(26,27)17-12-8-15(2)9-13-17/h6-13,23H,1-5H3. The third kappa shape index (κ3) is 4.58. The number of anilines is 1. The molecule has 1 heterocycles. The molecule has 3 rings (SSSR count). The Kier molecular flexibility index (Phi) is 5.83. The molecule has 0 spiro atoms. The van der Waals surface area contributed by atoms with E-state index in [0.29, 0.717) is 0 Å². The van der Waals surface area contributed by atoms with Gasteiger partial charge in [-0.2, -0.15) is 0 Å². The third-order valence-corrected chi connectivity index (χ3v) is 9.16. The SMILES string of the molecule is Cc1ccc(S(=O)(=O)c2nc(S(=O)(=O)c3ccc(C)cc3)c(NC(C)(C)C)s2)cc1. The molecule has 0 aliphatic rings. The summed E-state index contributed by atoms with van der Waals surface area (Å²) >= 11 is 0.828. The minimum atomic E-state index is -4.01. The van der Waals surface area contributed by atoms with Gasteiger partial charge < -0.3 is 5.32 Å². The molecule has 160 valence electrons. The van der Waals surface area contributed by atoms with Gasteiger partial charge in [0.2, 0.25) is 24.0 Å². The topological polar surface area (TPSA) is 93.2 Å². The van der Waals surface area contributed by atoms with Crippen molar-refractivity contribution in [3.63, 3.8) is 0 Å². The van der Waals surface area contributed by atoms with Gasteiger partial charge in [0.1, 0.15) is 5.00 Å². The number of nitrogens with zero attached hydrogens (tertiary/aromatic N) is 1. The molecule has 0 bridgehead atoms. The quantitative estimate of drug-likeness (QED) is 0.591. The van der Waals surface area contributed by atoms with E-state index >= 15 is 0 Å². The molecule has 0 aliphatic heterocycles. The Bertz CT molecular complexity index is 1270. The van der Waals surface area contributed by atoms with E-state index in [2.05, 4.69) is 10.3 Å². The molecule has 0 atom stereocenters. The number of nitrogens with one attached hydrogen (secondary N) is 1. The molecule has 0 radical (unpaired) electrons. The summed E-state index contributed by atoms with van der Waals surface area (Å²) in [5.41, 5.74) is 1.35. The molecular weight excluding hydrogens is 440 g/mol. The van der Waals surface area contributed by atoms with Crippen molar-refractivity contribution < 1.29 is 16.8 Å². The van der Waals surface area contributed by atoms with Crippen LogP contribution in [0.4, 0.5) is 5.00 Å². The van der Waals surface area contributed by atoms with E-state index in [0.717, 1.165) is 22.5 Å². The Labute approximate surface area is 181 Å². The van der Waals surface area contributed by atoms with Gasteiger partial charge >= 0.3 is 0 Å². The maximum absolute atomic E-state index is 13.3. The van der Waals surface area contributed by atoms with Crippen molar-refractivity contribution in [2.45, 2.75) is 59.3 Å². The Morgan fingerprint density at radius 2 is 1.20 bits per heavy atom. The number of hydrogen-bond acceptors (Lipinski definition) is 7. The van der Waals surface area contributed by atoms with E-state index in [9.17, 15) is 16.8 Å². The van der Waals surface area contributed by atoms with Crippen molar-refractivity contribution in [1.29, 1.82) is 0 Å². The predicted molar refractivity (Wildman–Crippen MR) is 119 cm³/mol. The van der Waals surface area contributed by atoms with Gasteiger partial charge in [0.25, 0.3) is 0 Å². The van der Waals surface area contributed by atoms with E-state index in [1.165, 1.54) is 24.3 Å². The molecule has 0 fully saturated rings. The summed E-state index contributed by atoms with van der Waals surface area (Å²) in [4.78, 5) is 4.25. The van der Waals surface area contributed by atoms with Crippen LogP contribution in [0.25, 0.3) is 0 Å². The molecule has 30 heavy (non-hydrogen) atoms. The normalized spacial score (nSPS) is 12.7. The molecular formula is C21H24N2O4S3. The van der Waals surface area contributed by atoms with Crippen molar-refractivity contribution in [2.24, 2.45) is 0 Å². The molecule has 6 nitrogen and oxygen atoms in total. The lowest BCUT2D eigenvalue weighted by Crippen LogP contribution is -2.26. The van der Waals surface area contributed by atoms with Crippen LogP contribution in [0.2, 0.25) is 0 Å². The number of aryl methyl sites for hydroxylation is 2. The predicted octanol–water partition coefficient (Wildman–Crippen LogP) is 4.64. The highest BCUT2D eigenvalue weighted by molar-refractivity contribution is 7.94. The lowest BCUT2D eigenvalue weighted by molar-refractivity contribution is 0.588. The number of hydrogen-bond donors (Lipinski definition) is 1. The number of thiazole rings is 1. The number of aromatic nitrogens is 1. The van der Waals surface area contributed by atoms with E-state index in [-0.39, 0.29) is 24.2 Å². The van der Waals surface area contributed by atoms with Crippen LogP contribution in [0.1, 0.15) is 31.9 Å². The van der Waals surface area contributed by atoms with Gasteiger partial charge in [0.05, 0.1) is 9.79 Å². The Hall–Kier alpha value is -2.23. The smallest absolute Gasteiger partial charge is 0.233 e. The summed E-state index contributed by atoms with van der Waals surface area (Å²) < 4.78 is 52.5. The number of benzene rings is 2. The van der Waals surface area contributed by atoms with Gasteiger partial charge in [-0.15, -0.1) is 0 Å². The van der Waals surface area contributed by atoms with Crippen LogP contribution in [-0.2, 0) is 19.7 Å². The zero-order valence-electron chi connectivity index (χ0n) is 17.4. The second kappa shape index (κ2) is 7.79. The van der Waals surface area contributed by atoms with Gasteiger partial charge in [0, 0.05) is 5.54 Å². The first-order valence-electron chi connectivity index (χ1n) is 9.23. The summed E-state index contributed by atoms with van der Waals surface area (Å²) in [6.07, 6.45) is 0. The summed E-state index contributed by atoms with van der Waals surface area (Å²) in [6.45, 7) is 9.31. The van der Waals surface area contributed by atoms with Crippen molar-refractivity contribution >= 4 is 36.0 Å². The summed E-state index contributed by atoms with van der Waals surface area (Å²) in [7, 11) is -7.97.